The number of aromatic nitrogens is 3. The maximum atomic E-state index is 12.6. The van der Waals surface area contributed by atoms with E-state index in [1.807, 2.05) is 47.3 Å². The molecule has 0 aliphatic carbocycles. The number of rotatable bonds is 6. The van der Waals surface area contributed by atoms with Gasteiger partial charge in [0.1, 0.15) is 0 Å². The molecule has 0 saturated heterocycles. The molecular formula is C20H22N4O. The lowest BCUT2D eigenvalue weighted by atomic mass is 9.89. The maximum Gasteiger partial charge on any atom is 0.251 e. The normalized spacial score (nSPS) is 12.1. The molecular weight excluding hydrogens is 312 g/mol. The number of carbonyl (C=O) groups excluding carboxylic acids is 1. The lowest BCUT2D eigenvalue weighted by Crippen LogP contribution is -2.30. The zero-order valence-electron chi connectivity index (χ0n) is 14.5. The largest absolute Gasteiger partial charge is 0.351 e. The standard InChI is InChI=1S/C20H22N4O/c1-15(2)19(17-6-4-8-21-12-17)13-23-20(25)16-5-3-7-18(11-16)24-10-9-22-14-24/h3-12,14-15,19H,13H2,1-2H3,(H,23,25)/t19-/m1/s1. The van der Waals surface area contributed by atoms with Crippen LogP contribution < -0.4 is 5.32 Å². The van der Waals surface area contributed by atoms with Gasteiger partial charge >= 0.3 is 0 Å². The van der Waals surface area contributed by atoms with Gasteiger partial charge in [-0.2, -0.15) is 0 Å². The molecule has 128 valence electrons. The van der Waals surface area contributed by atoms with Crippen molar-refractivity contribution in [3.05, 3.63) is 78.6 Å². The van der Waals surface area contributed by atoms with Crippen molar-refractivity contribution in [3.8, 4) is 5.69 Å². The van der Waals surface area contributed by atoms with Crippen LogP contribution in [0.15, 0.2) is 67.5 Å². The second-order valence-electron chi connectivity index (χ2n) is 6.37. The Hall–Kier alpha value is -2.95. The van der Waals surface area contributed by atoms with Gasteiger partial charge in [0.05, 0.1) is 6.33 Å². The van der Waals surface area contributed by atoms with E-state index in [4.69, 9.17) is 0 Å². The number of carbonyl (C=O) groups is 1. The van der Waals surface area contributed by atoms with Gasteiger partial charge in [0.25, 0.3) is 5.91 Å². The maximum absolute atomic E-state index is 12.6. The van der Waals surface area contributed by atoms with Crippen molar-refractivity contribution < 1.29 is 4.79 Å². The smallest absolute Gasteiger partial charge is 0.251 e. The molecule has 1 atom stereocenters. The van der Waals surface area contributed by atoms with E-state index in [2.05, 4.69) is 35.2 Å². The summed E-state index contributed by atoms with van der Waals surface area (Å²) in [5.41, 5.74) is 2.70. The molecule has 0 aliphatic rings. The summed E-state index contributed by atoms with van der Waals surface area (Å²) in [7, 11) is 0. The molecule has 1 amide bonds. The highest BCUT2D eigenvalue weighted by molar-refractivity contribution is 5.94. The Balaban J connectivity index is 1.71. The summed E-state index contributed by atoms with van der Waals surface area (Å²) >= 11 is 0. The molecule has 2 aromatic heterocycles. The molecule has 0 saturated carbocycles. The number of nitrogens with zero attached hydrogens (tertiary/aromatic N) is 3. The molecule has 0 bridgehead atoms. The molecule has 5 heteroatoms. The number of pyridine rings is 1. The van der Waals surface area contributed by atoms with Crippen LogP contribution in [0.4, 0.5) is 0 Å². The number of imidazole rings is 1. The first-order chi connectivity index (χ1) is 12.1. The lowest BCUT2D eigenvalue weighted by molar-refractivity contribution is 0.0949. The Morgan fingerprint density at radius 1 is 1.16 bits per heavy atom. The Bertz CT molecular complexity index is 813. The van der Waals surface area contributed by atoms with Gasteiger partial charge in [-0.25, -0.2) is 4.98 Å². The Labute approximate surface area is 147 Å². The predicted molar refractivity (Wildman–Crippen MR) is 97.7 cm³/mol. The number of hydrogen-bond donors (Lipinski definition) is 1. The highest BCUT2D eigenvalue weighted by atomic mass is 16.1. The van der Waals surface area contributed by atoms with Crippen molar-refractivity contribution in [1.29, 1.82) is 0 Å². The third kappa shape index (κ3) is 4.12. The zero-order chi connectivity index (χ0) is 17.6. The van der Waals surface area contributed by atoms with Crippen LogP contribution in [0.3, 0.4) is 0 Å². The van der Waals surface area contributed by atoms with E-state index < -0.39 is 0 Å². The van der Waals surface area contributed by atoms with Crippen LogP contribution in [-0.2, 0) is 0 Å². The number of benzene rings is 1. The first-order valence-electron chi connectivity index (χ1n) is 8.41. The molecule has 1 N–H and O–H groups in total. The van der Waals surface area contributed by atoms with Crippen LogP contribution in [0.5, 0.6) is 0 Å². The summed E-state index contributed by atoms with van der Waals surface area (Å²) in [6.45, 7) is 4.89. The Kier molecular flexibility index (Phi) is 5.23. The molecule has 1 aromatic carbocycles. The lowest BCUT2D eigenvalue weighted by Gasteiger charge is -2.21. The van der Waals surface area contributed by atoms with Crippen LogP contribution in [0.2, 0.25) is 0 Å². The molecule has 3 aromatic rings. The van der Waals surface area contributed by atoms with Gasteiger partial charge in [0.2, 0.25) is 0 Å². The van der Waals surface area contributed by atoms with E-state index in [1.54, 1.807) is 18.7 Å². The minimum absolute atomic E-state index is 0.0727. The fraction of sp³-hybridized carbons (Fsp3) is 0.250. The van der Waals surface area contributed by atoms with Crippen LogP contribution in [0.1, 0.15) is 35.7 Å². The third-order valence-electron chi connectivity index (χ3n) is 4.31. The molecule has 0 aliphatic heterocycles. The second kappa shape index (κ2) is 7.75. The zero-order valence-corrected chi connectivity index (χ0v) is 14.5. The monoisotopic (exact) mass is 334 g/mol. The van der Waals surface area contributed by atoms with Gasteiger partial charge in [0.15, 0.2) is 0 Å². The quantitative estimate of drug-likeness (QED) is 0.751. The van der Waals surface area contributed by atoms with Crippen LogP contribution in [0.25, 0.3) is 5.69 Å². The van der Waals surface area contributed by atoms with E-state index in [-0.39, 0.29) is 11.8 Å². The average Bonchev–Trinajstić information content (AvgIpc) is 3.17. The van der Waals surface area contributed by atoms with Crippen molar-refractivity contribution in [2.75, 3.05) is 6.54 Å². The van der Waals surface area contributed by atoms with Gasteiger partial charge in [-0.1, -0.05) is 26.0 Å². The first-order valence-corrected chi connectivity index (χ1v) is 8.41. The van der Waals surface area contributed by atoms with Crippen LogP contribution in [-0.4, -0.2) is 27.0 Å². The average molecular weight is 334 g/mol. The molecule has 3 rings (SSSR count). The Morgan fingerprint density at radius 2 is 2.04 bits per heavy atom. The minimum Gasteiger partial charge on any atom is -0.351 e. The summed E-state index contributed by atoms with van der Waals surface area (Å²) in [6, 6.07) is 11.5. The predicted octanol–water partition coefficient (Wildman–Crippen LogP) is 3.44. The molecule has 25 heavy (non-hydrogen) atoms. The summed E-state index contributed by atoms with van der Waals surface area (Å²) in [5.74, 6) is 0.563. The summed E-state index contributed by atoms with van der Waals surface area (Å²) in [4.78, 5) is 20.8. The summed E-state index contributed by atoms with van der Waals surface area (Å²) in [6.07, 6.45) is 8.92. The van der Waals surface area contributed by atoms with E-state index in [9.17, 15) is 4.79 Å². The highest BCUT2D eigenvalue weighted by Crippen LogP contribution is 2.23. The van der Waals surface area contributed by atoms with E-state index in [1.165, 1.54) is 0 Å². The van der Waals surface area contributed by atoms with Crippen LogP contribution >= 0.6 is 0 Å². The van der Waals surface area contributed by atoms with Crippen molar-refractivity contribution in [3.63, 3.8) is 0 Å². The first kappa shape index (κ1) is 16.9. The van der Waals surface area contributed by atoms with Crippen molar-refractivity contribution in [1.82, 2.24) is 19.9 Å². The Morgan fingerprint density at radius 3 is 2.72 bits per heavy atom. The summed E-state index contributed by atoms with van der Waals surface area (Å²) < 4.78 is 1.88. The summed E-state index contributed by atoms with van der Waals surface area (Å²) in [5, 5.41) is 3.06. The van der Waals surface area contributed by atoms with E-state index in [0.29, 0.717) is 18.0 Å². The number of nitrogens with one attached hydrogen (secondary N) is 1. The van der Waals surface area contributed by atoms with E-state index in [0.717, 1.165) is 11.3 Å². The SMILES string of the molecule is CC(C)[C@@H](CNC(=O)c1cccc(-n2ccnc2)c1)c1cccnc1. The third-order valence-corrected chi connectivity index (χ3v) is 4.31. The van der Waals surface area contributed by atoms with Crippen molar-refractivity contribution in [2.24, 2.45) is 5.92 Å². The van der Waals surface area contributed by atoms with Gasteiger partial charge in [-0.15, -0.1) is 0 Å². The molecule has 0 spiro atoms. The van der Waals surface area contributed by atoms with Crippen LogP contribution in [0, 0.1) is 5.92 Å². The van der Waals surface area contributed by atoms with Gasteiger partial charge in [0, 0.05) is 48.5 Å². The number of amides is 1. The molecule has 0 unspecified atom stereocenters. The molecule has 0 fully saturated rings. The highest BCUT2D eigenvalue weighted by Gasteiger charge is 2.17. The fourth-order valence-corrected chi connectivity index (χ4v) is 2.86. The van der Waals surface area contributed by atoms with E-state index >= 15 is 0 Å². The number of hydrogen-bond acceptors (Lipinski definition) is 3. The van der Waals surface area contributed by atoms with Gasteiger partial charge < -0.3 is 9.88 Å². The topological polar surface area (TPSA) is 59.8 Å². The molecule has 0 radical (unpaired) electrons. The van der Waals surface area contributed by atoms with Crippen molar-refractivity contribution >= 4 is 5.91 Å². The molecule has 5 nitrogen and oxygen atoms in total. The minimum atomic E-state index is -0.0727. The second-order valence-corrected chi connectivity index (χ2v) is 6.37. The van der Waals surface area contributed by atoms with Crippen molar-refractivity contribution in [2.45, 2.75) is 19.8 Å². The van der Waals surface area contributed by atoms with Gasteiger partial charge in [-0.3, -0.25) is 9.78 Å². The fourth-order valence-electron chi connectivity index (χ4n) is 2.86. The van der Waals surface area contributed by atoms with Gasteiger partial charge in [-0.05, 0) is 35.7 Å². The molecule has 2 heterocycles.